The predicted octanol–water partition coefficient (Wildman–Crippen LogP) is 4.51. The molecule has 0 aliphatic rings. The molecule has 0 aliphatic heterocycles. The molecule has 1 heterocycles. The first-order valence-corrected chi connectivity index (χ1v) is 5.90. The van der Waals surface area contributed by atoms with Crippen molar-refractivity contribution >= 4 is 11.0 Å². The Balaban J connectivity index is 0.000000581. The second kappa shape index (κ2) is 6.99. The van der Waals surface area contributed by atoms with Gasteiger partial charge in [-0.05, 0) is 13.8 Å². The zero-order valence-electron chi connectivity index (χ0n) is 11.3. The fraction of sp³-hybridized carbons (Fsp3) is 0.462. The van der Waals surface area contributed by atoms with Crippen LogP contribution >= 0.6 is 0 Å². The maximum Gasteiger partial charge on any atom is 0.156 e. The lowest BCUT2D eigenvalue weighted by Gasteiger charge is -1.97. The fourth-order valence-electron chi connectivity index (χ4n) is 1.30. The van der Waals surface area contributed by atoms with Gasteiger partial charge in [0.05, 0.1) is 5.52 Å². The van der Waals surface area contributed by atoms with E-state index in [0.29, 0.717) is 11.3 Å². The average molecular weight is 242 g/mol. The Morgan fingerprint density at radius 3 is 2.12 bits per heavy atom. The fourth-order valence-corrected chi connectivity index (χ4v) is 1.30. The standard InChI is InChI=1S/C9H8F2N2.2C2H6/c1-4-6(10)3-7-9(8(4)11)13-5(2)12-7;2*1-2/h3H,1-2H3,(H,12,13);2*1-2H3. The molecule has 0 radical (unpaired) electrons. The van der Waals surface area contributed by atoms with E-state index in [1.807, 2.05) is 27.7 Å². The molecular weight excluding hydrogens is 222 g/mol. The van der Waals surface area contributed by atoms with Crippen LogP contribution in [0.5, 0.6) is 0 Å². The number of aryl methyl sites for hydroxylation is 1. The van der Waals surface area contributed by atoms with Crippen molar-refractivity contribution in [3.05, 3.63) is 29.1 Å². The number of imidazole rings is 1. The van der Waals surface area contributed by atoms with E-state index in [-0.39, 0.29) is 11.1 Å². The van der Waals surface area contributed by atoms with Crippen molar-refractivity contribution in [2.45, 2.75) is 41.5 Å². The Labute approximate surface area is 101 Å². The van der Waals surface area contributed by atoms with Gasteiger partial charge in [-0.1, -0.05) is 27.7 Å². The number of halogens is 2. The van der Waals surface area contributed by atoms with E-state index in [4.69, 9.17) is 0 Å². The van der Waals surface area contributed by atoms with Crippen LogP contribution in [0.15, 0.2) is 6.07 Å². The summed E-state index contributed by atoms with van der Waals surface area (Å²) in [5, 5.41) is 0. The lowest BCUT2D eigenvalue weighted by Crippen LogP contribution is -1.89. The van der Waals surface area contributed by atoms with Gasteiger partial charge in [0.1, 0.15) is 17.2 Å². The molecule has 2 nitrogen and oxygen atoms in total. The first kappa shape index (κ1) is 15.6. The highest BCUT2D eigenvalue weighted by molar-refractivity contribution is 5.76. The number of benzene rings is 1. The third-order valence-corrected chi connectivity index (χ3v) is 2.02. The van der Waals surface area contributed by atoms with Gasteiger partial charge in [-0.3, -0.25) is 0 Å². The van der Waals surface area contributed by atoms with Gasteiger partial charge < -0.3 is 4.98 Å². The average Bonchev–Trinajstić information content (AvgIpc) is 2.72. The highest BCUT2D eigenvalue weighted by Gasteiger charge is 2.12. The Bertz CT molecular complexity index is 476. The van der Waals surface area contributed by atoms with Crippen LogP contribution in [0.1, 0.15) is 39.1 Å². The van der Waals surface area contributed by atoms with Gasteiger partial charge in [0.2, 0.25) is 0 Å². The van der Waals surface area contributed by atoms with Gasteiger partial charge in [-0.25, -0.2) is 13.8 Å². The molecule has 0 bridgehead atoms. The molecule has 0 aliphatic carbocycles. The normalized spacial score (nSPS) is 9.18. The van der Waals surface area contributed by atoms with Gasteiger partial charge in [0, 0.05) is 11.6 Å². The van der Waals surface area contributed by atoms with Crippen molar-refractivity contribution in [1.29, 1.82) is 0 Å². The van der Waals surface area contributed by atoms with E-state index < -0.39 is 11.6 Å². The van der Waals surface area contributed by atoms with E-state index >= 15 is 0 Å². The molecule has 17 heavy (non-hydrogen) atoms. The molecule has 0 fully saturated rings. The van der Waals surface area contributed by atoms with Crippen molar-refractivity contribution < 1.29 is 8.78 Å². The number of hydrogen-bond donors (Lipinski definition) is 1. The number of nitrogens with zero attached hydrogens (tertiary/aromatic N) is 1. The minimum Gasteiger partial charge on any atom is -0.342 e. The topological polar surface area (TPSA) is 28.7 Å². The largest absolute Gasteiger partial charge is 0.342 e. The summed E-state index contributed by atoms with van der Waals surface area (Å²) in [6, 6.07) is 1.26. The summed E-state index contributed by atoms with van der Waals surface area (Å²) >= 11 is 0. The molecule has 0 unspecified atom stereocenters. The summed E-state index contributed by atoms with van der Waals surface area (Å²) in [6.45, 7) is 11.1. The van der Waals surface area contributed by atoms with Gasteiger partial charge in [-0.15, -0.1) is 0 Å². The zero-order chi connectivity index (χ0) is 13.6. The van der Waals surface area contributed by atoms with Crippen LogP contribution < -0.4 is 0 Å². The molecule has 96 valence electrons. The SMILES string of the molecule is CC.CC.Cc1nc2c(F)c(C)c(F)cc2[nH]1. The van der Waals surface area contributed by atoms with Crippen LogP contribution in [-0.4, -0.2) is 9.97 Å². The van der Waals surface area contributed by atoms with Crippen LogP contribution in [0, 0.1) is 25.5 Å². The van der Waals surface area contributed by atoms with Gasteiger partial charge in [0.25, 0.3) is 0 Å². The molecule has 4 heteroatoms. The van der Waals surface area contributed by atoms with Crippen molar-refractivity contribution in [2.24, 2.45) is 0 Å². The number of aromatic amines is 1. The molecule has 1 aromatic heterocycles. The predicted molar refractivity (Wildman–Crippen MR) is 68.2 cm³/mol. The van der Waals surface area contributed by atoms with E-state index in [1.54, 1.807) is 6.92 Å². The highest BCUT2D eigenvalue weighted by Crippen LogP contribution is 2.21. The first-order valence-electron chi connectivity index (χ1n) is 5.90. The summed E-state index contributed by atoms with van der Waals surface area (Å²) in [6.07, 6.45) is 0. The lowest BCUT2D eigenvalue weighted by molar-refractivity contribution is 0.575. The van der Waals surface area contributed by atoms with Crippen molar-refractivity contribution in [3.8, 4) is 0 Å². The molecule has 0 spiro atoms. The number of fused-ring (bicyclic) bond motifs is 1. The third kappa shape index (κ3) is 3.25. The third-order valence-electron chi connectivity index (χ3n) is 2.02. The van der Waals surface area contributed by atoms with E-state index in [0.717, 1.165) is 0 Å². The summed E-state index contributed by atoms with van der Waals surface area (Å²) < 4.78 is 26.4. The van der Waals surface area contributed by atoms with Crippen LogP contribution in [0.3, 0.4) is 0 Å². The van der Waals surface area contributed by atoms with E-state index in [9.17, 15) is 8.78 Å². The molecule has 0 saturated heterocycles. The molecule has 0 saturated carbocycles. The zero-order valence-corrected chi connectivity index (χ0v) is 11.3. The maximum absolute atomic E-state index is 13.3. The van der Waals surface area contributed by atoms with Gasteiger partial charge in [-0.2, -0.15) is 0 Å². The van der Waals surface area contributed by atoms with Crippen molar-refractivity contribution in [3.63, 3.8) is 0 Å². The Morgan fingerprint density at radius 2 is 1.59 bits per heavy atom. The summed E-state index contributed by atoms with van der Waals surface area (Å²) in [5.41, 5.74) is 0.619. The highest BCUT2D eigenvalue weighted by atomic mass is 19.1. The van der Waals surface area contributed by atoms with Crippen LogP contribution in [-0.2, 0) is 0 Å². The van der Waals surface area contributed by atoms with Gasteiger partial charge >= 0.3 is 0 Å². The molecule has 0 atom stereocenters. The second-order valence-corrected chi connectivity index (χ2v) is 3.02. The molecular formula is C13H20F2N2. The quantitative estimate of drug-likeness (QED) is 0.723. The lowest BCUT2D eigenvalue weighted by atomic mass is 10.2. The van der Waals surface area contributed by atoms with Crippen molar-refractivity contribution in [1.82, 2.24) is 9.97 Å². The van der Waals surface area contributed by atoms with Gasteiger partial charge in [0.15, 0.2) is 5.82 Å². The summed E-state index contributed by atoms with van der Waals surface area (Å²) in [4.78, 5) is 6.69. The number of H-pyrrole nitrogens is 1. The molecule has 1 aromatic carbocycles. The van der Waals surface area contributed by atoms with Crippen LogP contribution in [0.25, 0.3) is 11.0 Å². The maximum atomic E-state index is 13.3. The van der Waals surface area contributed by atoms with Crippen LogP contribution in [0.4, 0.5) is 8.78 Å². The number of hydrogen-bond acceptors (Lipinski definition) is 1. The first-order chi connectivity index (χ1) is 8.09. The van der Waals surface area contributed by atoms with Crippen LogP contribution in [0.2, 0.25) is 0 Å². The molecule has 2 aromatic rings. The second-order valence-electron chi connectivity index (χ2n) is 3.02. The minimum atomic E-state index is -0.584. The minimum absolute atomic E-state index is 0.0130. The monoisotopic (exact) mass is 242 g/mol. The summed E-state index contributed by atoms with van der Waals surface area (Å²) in [5.74, 6) is -0.549. The number of aromatic nitrogens is 2. The Morgan fingerprint density at radius 1 is 1.06 bits per heavy atom. The molecule has 0 amide bonds. The Hall–Kier alpha value is -1.45. The molecule has 2 rings (SSSR count). The number of nitrogens with one attached hydrogen (secondary N) is 1. The smallest absolute Gasteiger partial charge is 0.156 e. The number of rotatable bonds is 0. The summed E-state index contributed by atoms with van der Waals surface area (Å²) in [7, 11) is 0. The Kier molecular flexibility index (Phi) is 6.39. The molecule has 1 N–H and O–H groups in total. The van der Waals surface area contributed by atoms with Crippen molar-refractivity contribution in [2.75, 3.05) is 0 Å². The van der Waals surface area contributed by atoms with E-state index in [1.165, 1.54) is 13.0 Å². The van der Waals surface area contributed by atoms with E-state index in [2.05, 4.69) is 9.97 Å².